The monoisotopic (exact) mass is 322 g/mol. The van der Waals surface area contributed by atoms with E-state index >= 15 is 0 Å². The van der Waals surface area contributed by atoms with Crippen LogP contribution in [0.2, 0.25) is 5.02 Å². The van der Waals surface area contributed by atoms with Gasteiger partial charge in [0.25, 0.3) is 0 Å². The molecule has 0 bridgehead atoms. The molecule has 1 N–H and O–H groups in total. The van der Waals surface area contributed by atoms with Crippen molar-refractivity contribution < 1.29 is 5.21 Å². The highest BCUT2D eigenvalue weighted by atomic mass is 35.5. The summed E-state index contributed by atoms with van der Waals surface area (Å²) in [6.07, 6.45) is 8.36. The molecular formula is C18H27ClN2O. The zero-order chi connectivity index (χ0) is 16.4. The molecular weight excluding hydrogens is 296 g/mol. The lowest BCUT2D eigenvalue weighted by atomic mass is 9.94. The highest BCUT2D eigenvalue weighted by Gasteiger charge is 2.15. The Kier molecular flexibility index (Phi) is 8.86. The number of unbranched alkanes of at least 4 members (excludes halogenated alkanes) is 2. The molecule has 0 amide bonds. The van der Waals surface area contributed by atoms with Crippen LogP contribution in [0.15, 0.2) is 35.5 Å². The maximum absolute atomic E-state index is 9.40. The van der Waals surface area contributed by atoms with Crippen LogP contribution in [0.3, 0.4) is 0 Å². The van der Waals surface area contributed by atoms with Gasteiger partial charge in [0.15, 0.2) is 0 Å². The molecule has 0 aliphatic heterocycles. The summed E-state index contributed by atoms with van der Waals surface area (Å²) in [5.74, 6) is 0.227. The van der Waals surface area contributed by atoms with Crippen molar-refractivity contribution in [2.45, 2.75) is 32.6 Å². The van der Waals surface area contributed by atoms with Crippen LogP contribution in [0.5, 0.6) is 0 Å². The van der Waals surface area contributed by atoms with Gasteiger partial charge >= 0.3 is 0 Å². The van der Waals surface area contributed by atoms with E-state index in [1.165, 1.54) is 12.8 Å². The van der Waals surface area contributed by atoms with Gasteiger partial charge in [-0.2, -0.15) is 0 Å². The molecule has 3 nitrogen and oxygen atoms in total. The minimum atomic E-state index is 0.227. The van der Waals surface area contributed by atoms with E-state index in [-0.39, 0.29) is 5.92 Å². The van der Waals surface area contributed by atoms with E-state index in [9.17, 15) is 5.21 Å². The molecule has 0 fully saturated rings. The third kappa shape index (κ3) is 6.63. The first-order chi connectivity index (χ1) is 10.6. The van der Waals surface area contributed by atoms with Crippen LogP contribution in [-0.4, -0.2) is 36.5 Å². The Morgan fingerprint density at radius 3 is 2.64 bits per heavy atom. The van der Waals surface area contributed by atoms with Gasteiger partial charge < -0.3 is 10.1 Å². The van der Waals surface area contributed by atoms with Gasteiger partial charge in [0.05, 0.1) is 5.71 Å². The normalized spacial score (nSPS) is 14.0. The highest BCUT2D eigenvalue weighted by molar-refractivity contribution is 6.32. The molecule has 1 rings (SSSR count). The van der Waals surface area contributed by atoms with Crippen molar-refractivity contribution in [3.8, 4) is 0 Å². The second-order valence-electron chi connectivity index (χ2n) is 5.83. The van der Waals surface area contributed by atoms with E-state index in [0.29, 0.717) is 10.7 Å². The maximum atomic E-state index is 9.40. The Labute approximate surface area is 139 Å². The number of hydrogen-bond acceptors (Lipinski definition) is 3. The fraction of sp³-hybridized carbons (Fsp3) is 0.500. The molecule has 122 valence electrons. The van der Waals surface area contributed by atoms with E-state index in [1.807, 2.05) is 50.5 Å². The number of hydrogen-bond donors (Lipinski definition) is 1. The summed E-state index contributed by atoms with van der Waals surface area (Å²) in [5, 5.41) is 13.6. The van der Waals surface area contributed by atoms with Gasteiger partial charge in [0.2, 0.25) is 0 Å². The Hall–Kier alpha value is -1.32. The smallest absolute Gasteiger partial charge is 0.0839 e. The van der Waals surface area contributed by atoms with Crippen molar-refractivity contribution in [1.82, 2.24) is 4.90 Å². The zero-order valence-corrected chi connectivity index (χ0v) is 14.6. The molecule has 0 spiro atoms. The van der Waals surface area contributed by atoms with Crippen molar-refractivity contribution in [1.29, 1.82) is 0 Å². The standard InChI is InChI=1S/C18H27ClN2O/c1-4-5-6-10-16(14-21(2)3)18(20-22)13-12-15-9-7-8-11-17(15)19/h7-9,11-13,16,22H,4-6,10,14H2,1-3H3/b13-12+,20-18-. The first-order valence-corrected chi connectivity index (χ1v) is 8.25. The van der Waals surface area contributed by atoms with Crippen molar-refractivity contribution >= 4 is 23.4 Å². The lowest BCUT2D eigenvalue weighted by Gasteiger charge is -2.20. The van der Waals surface area contributed by atoms with Gasteiger partial charge in [-0.1, -0.05) is 67.2 Å². The number of halogens is 1. The van der Waals surface area contributed by atoms with Gasteiger partial charge in [0.1, 0.15) is 0 Å². The minimum absolute atomic E-state index is 0.227. The molecule has 0 heterocycles. The molecule has 0 saturated heterocycles. The molecule has 1 aromatic rings. The Balaban J connectivity index is 2.82. The van der Waals surface area contributed by atoms with Crippen LogP contribution >= 0.6 is 11.6 Å². The predicted molar refractivity (Wildman–Crippen MR) is 95.9 cm³/mol. The van der Waals surface area contributed by atoms with E-state index in [2.05, 4.69) is 17.0 Å². The van der Waals surface area contributed by atoms with Gasteiger partial charge in [-0.25, -0.2) is 0 Å². The molecule has 4 heteroatoms. The van der Waals surface area contributed by atoms with E-state index in [0.717, 1.165) is 24.9 Å². The number of benzene rings is 1. The molecule has 0 aliphatic rings. The van der Waals surface area contributed by atoms with Gasteiger partial charge in [-0.3, -0.25) is 0 Å². The van der Waals surface area contributed by atoms with Crippen molar-refractivity contribution in [2.75, 3.05) is 20.6 Å². The summed E-state index contributed by atoms with van der Waals surface area (Å²) < 4.78 is 0. The topological polar surface area (TPSA) is 35.8 Å². The number of oxime groups is 1. The highest BCUT2D eigenvalue weighted by Crippen LogP contribution is 2.19. The zero-order valence-electron chi connectivity index (χ0n) is 13.8. The van der Waals surface area contributed by atoms with Crippen LogP contribution in [0.25, 0.3) is 6.08 Å². The van der Waals surface area contributed by atoms with Gasteiger partial charge in [-0.05, 0) is 38.2 Å². The van der Waals surface area contributed by atoms with Crippen molar-refractivity contribution in [3.63, 3.8) is 0 Å². The van der Waals surface area contributed by atoms with Crippen LogP contribution in [-0.2, 0) is 0 Å². The molecule has 0 aromatic heterocycles. The van der Waals surface area contributed by atoms with Crippen molar-refractivity contribution in [2.24, 2.45) is 11.1 Å². The fourth-order valence-corrected chi connectivity index (χ4v) is 2.65. The fourth-order valence-electron chi connectivity index (χ4n) is 2.45. The third-order valence-electron chi connectivity index (χ3n) is 3.61. The minimum Gasteiger partial charge on any atom is -0.411 e. The molecule has 1 aromatic carbocycles. The summed E-state index contributed by atoms with van der Waals surface area (Å²) in [7, 11) is 4.08. The van der Waals surface area contributed by atoms with E-state index < -0.39 is 0 Å². The van der Waals surface area contributed by atoms with Crippen LogP contribution in [0.4, 0.5) is 0 Å². The number of rotatable bonds is 9. The first kappa shape index (κ1) is 18.7. The molecule has 0 radical (unpaired) electrons. The molecule has 0 saturated carbocycles. The van der Waals surface area contributed by atoms with E-state index in [4.69, 9.17) is 11.6 Å². The summed E-state index contributed by atoms with van der Waals surface area (Å²) >= 11 is 6.16. The Bertz CT molecular complexity index is 498. The second kappa shape index (κ2) is 10.4. The predicted octanol–water partition coefficient (Wildman–Crippen LogP) is 4.94. The van der Waals surface area contributed by atoms with Crippen LogP contribution < -0.4 is 0 Å². The molecule has 1 unspecified atom stereocenters. The van der Waals surface area contributed by atoms with Crippen LogP contribution in [0.1, 0.15) is 38.2 Å². The lowest BCUT2D eigenvalue weighted by Crippen LogP contribution is -2.27. The first-order valence-electron chi connectivity index (χ1n) is 7.87. The molecule has 0 aliphatic carbocycles. The van der Waals surface area contributed by atoms with Crippen LogP contribution in [0, 0.1) is 5.92 Å². The SMILES string of the molecule is CCCCCC(CN(C)C)C(/C=C/c1ccccc1Cl)=N\O. The maximum Gasteiger partial charge on any atom is 0.0839 e. The molecule has 1 atom stereocenters. The van der Waals surface area contributed by atoms with E-state index in [1.54, 1.807) is 0 Å². The quantitative estimate of drug-likeness (QED) is 0.302. The summed E-state index contributed by atoms with van der Waals surface area (Å²) in [4.78, 5) is 2.13. The second-order valence-corrected chi connectivity index (χ2v) is 6.24. The lowest BCUT2D eigenvalue weighted by molar-refractivity contribution is 0.305. The van der Waals surface area contributed by atoms with Gasteiger partial charge in [-0.15, -0.1) is 0 Å². The summed E-state index contributed by atoms with van der Waals surface area (Å²) in [6.45, 7) is 3.06. The average Bonchev–Trinajstić information content (AvgIpc) is 2.49. The van der Waals surface area contributed by atoms with Gasteiger partial charge in [0, 0.05) is 17.5 Å². The summed E-state index contributed by atoms with van der Waals surface area (Å²) in [6, 6.07) is 7.65. The number of allylic oxidation sites excluding steroid dienone is 1. The number of nitrogens with zero attached hydrogens (tertiary/aromatic N) is 2. The Morgan fingerprint density at radius 1 is 1.32 bits per heavy atom. The average molecular weight is 323 g/mol. The molecule has 22 heavy (non-hydrogen) atoms. The van der Waals surface area contributed by atoms with Crippen molar-refractivity contribution in [3.05, 3.63) is 40.9 Å². The largest absolute Gasteiger partial charge is 0.411 e. The third-order valence-corrected chi connectivity index (χ3v) is 3.96. The Morgan fingerprint density at radius 2 is 2.05 bits per heavy atom. The summed E-state index contributed by atoms with van der Waals surface area (Å²) in [5.41, 5.74) is 1.65.